The summed E-state index contributed by atoms with van der Waals surface area (Å²) >= 11 is 0. The number of carbonyl (C=O) groups excluding carboxylic acids is 4. The van der Waals surface area contributed by atoms with Crippen LogP contribution >= 0.6 is 0 Å². The minimum Gasteiger partial charge on any atom is -0.471 e. The molecule has 17 heteroatoms. The number of amides is 4. The van der Waals surface area contributed by atoms with Crippen molar-refractivity contribution < 1.29 is 50.3 Å². The number of carbonyl (C=O) groups is 4. The highest BCUT2D eigenvalue weighted by molar-refractivity contribution is 6.01. The number of halogens is 6. The van der Waals surface area contributed by atoms with Crippen molar-refractivity contribution in [2.45, 2.75) is 82.3 Å². The van der Waals surface area contributed by atoms with Gasteiger partial charge in [0, 0.05) is 19.0 Å². The summed E-state index contributed by atoms with van der Waals surface area (Å²) in [7, 11) is 0. The smallest absolute Gasteiger partial charge is 0.383 e. The average Bonchev–Trinajstić information content (AvgIpc) is 3.74. The van der Waals surface area contributed by atoms with Gasteiger partial charge < -0.3 is 25.2 Å². The summed E-state index contributed by atoms with van der Waals surface area (Å²) in [5.74, 6) is -13.0. The standard InChI is InChI=1S/C30H32F6N6O5/c1-28(2,3)21(39-27(46)30(35,36)25(33)34)24(44)41-10-16-12-4-15(17(32)5-12)19(16)20(41)23(43)42-11-29(7-14(42)8-37)26(45)40-22-18(47-29)6-13(31)9-38-22/h6,9,12,14-17,19-21,25H,4-5,7,10-11H2,1-3H3,(H,39,46)(H,38,40,45). The molecule has 47 heavy (non-hydrogen) atoms. The predicted molar refractivity (Wildman–Crippen MR) is 148 cm³/mol. The van der Waals surface area contributed by atoms with Gasteiger partial charge in [-0.05, 0) is 41.9 Å². The number of nitrogens with one attached hydrogen (secondary N) is 2. The zero-order valence-corrected chi connectivity index (χ0v) is 25.5. The van der Waals surface area contributed by atoms with E-state index in [-0.39, 0.29) is 42.8 Å². The first-order chi connectivity index (χ1) is 21.9. The van der Waals surface area contributed by atoms with Crippen LogP contribution in [0.4, 0.5) is 32.2 Å². The summed E-state index contributed by atoms with van der Waals surface area (Å²) in [5, 5.41) is 14.3. The lowest BCUT2D eigenvalue weighted by molar-refractivity contribution is -0.172. The molecule has 9 unspecified atom stereocenters. The highest BCUT2D eigenvalue weighted by Crippen LogP contribution is 2.59. The summed E-state index contributed by atoms with van der Waals surface area (Å²) in [6, 6.07) is -1.57. The monoisotopic (exact) mass is 670 g/mol. The van der Waals surface area contributed by atoms with Crippen LogP contribution in [0.1, 0.15) is 40.0 Å². The molecule has 0 aromatic carbocycles. The fourth-order valence-electron chi connectivity index (χ4n) is 8.09. The van der Waals surface area contributed by atoms with Gasteiger partial charge in [0.2, 0.25) is 17.4 Å². The Morgan fingerprint density at radius 1 is 1.19 bits per heavy atom. The van der Waals surface area contributed by atoms with E-state index in [0.717, 1.165) is 22.1 Å². The first-order valence-electron chi connectivity index (χ1n) is 15.2. The maximum Gasteiger partial charge on any atom is 0.383 e. The van der Waals surface area contributed by atoms with Crippen LogP contribution in [0.15, 0.2) is 12.3 Å². The van der Waals surface area contributed by atoms with Gasteiger partial charge in [-0.3, -0.25) is 19.2 Å². The number of anilines is 1. The molecule has 6 rings (SSSR count). The van der Waals surface area contributed by atoms with E-state index in [9.17, 15) is 46.4 Å². The van der Waals surface area contributed by atoms with Gasteiger partial charge in [0.1, 0.15) is 30.1 Å². The Bertz CT molecular complexity index is 1570. The normalized spacial score (nSPS) is 33.3. The van der Waals surface area contributed by atoms with Crippen LogP contribution in [0.5, 0.6) is 5.75 Å². The lowest BCUT2D eigenvalue weighted by Gasteiger charge is -2.39. The Balaban J connectivity index is 1.34. The molecule has 2 N–H and O–H groups in total. The maximum absolute atomic E-state index is 15.2. The number of aromatic nitrogens is 1. The molecule has 1 spiro atoms. The lowest BCUT2D eigenvalue weighted by Crippen LogP contribution is -2.62. The number of hydrogen-bond donors (Lipinski definition) is 2. The molecule has 2 saturated heterocycles. The van der Waals surface area contributed by atoms with Gasteiger partial charge in [-0.2, -0.15) is 14.0 Å². The van der Waals surface area contributed by atoms with Crippen molar-refractivity contribution in [1.29, 1.82) is 5.26 Å². The Morgan fingerprint density at radius 2 is 1.89 bits per heavy atom. The van der Waals surface area contributed by atoms with Crippen LogP contribution in [0.3, 0.4) is 0 Å². The number of nitriles is 1. The van der Waals surface area contributed by atoms with Gasteiger partial charge in [-0.1, -0.05) is 20.8 Å². The first kappa shape index (κ1) is 32.8. The van der Waals surface area contributed by atoms with E-state index >= 15 is 4.39 Å². The van der Waals surface area contributed by atoms with Gasteiger partial charge in [0.05, 0.1) is 18.8 Å². The lowest BCUT2D eigenvalue weighted by atomic mass is 9.77. The fraction of sp³-hybridized carbons (Fsp3) is 0.667. The Labute approximate surface area is 265 Å². The number of ether oxygens (including phenoxy) is 1. The minimum atomic E-state index is -5.11. The number of alkyl halides is 5. The molecule has 254 valence electrons. The number of hydrogen-bond acceptors (Lipinski definition) is 7. The quantitative estimate of drug-likeness (QED) is 0.459. The van der Waals surface area contributed by atoms with Gasteiger partial charge >= 0.3 is 12.3 Å². The highest BCUT2D eigenvalue weighted by Gasteiger charge is 2.65. The molecule has 4 heterocycles. The van der Waals surface area contributed by atoms with Crippen LogP contribution in [0.25, 0.3) is 0 Å². The minimum absolute atomic E-state index is 0.0700. The van der Waals surface area contributed by atoms with Crippen LogP contribution in [-0.2, 0) is 19.2 Å². The van der Waals surface area contributed by atoms with Crippen molar-refractivity contribution in [3.63, 3.8) is 0 Å². The molecule has 2 aliphatic carbocycles. The summed E-state index contributed by atoms with van der Waals surface area (Å²) in [5.41, 5.74) is -3.15. The van der Waals surface area contributed by atoms with Crippen LogP contribution in [0, 0.1) is 46.2 Å². The molecular formula is C30H32F6N6O5. The van der Waals surface area contributed by atoms with Crippen LogP contribution in [0.2, 0.25) is 0 Å². The van der Waals surface area contributed by atoms with E-state index in [1.54, 1.807) is 5.32 Å². The second-order valence-electron chi connectivity index (χ2n) is 14.2. The summed E-state index contributed by atoms with van der Waals surface area (Å²) in [6.07, 6.45) is -4.49. The number of likely N-dealkylation sites (tertiary alicyclic amines) is 2. The topological polar surface area (TPSA) is 145 Å². The van der Waals surface area contributed by atoms with Gasteiger partial charge in [-0.15, -0.1) is 0 Å². The summed E-state index contributed by atoms with van der Waals surface area (Å²) in [4.78, 5) is 60.2. The van der Waals surface area contributed by atoms with Crippen molar-refractivity contribution in [3.05, 3.63) is 18.1 Å². The fourth-order valence-corrected chi connectivity index (χ4v) is 8.09. The van der Waals surface area contributed by atoms with Gasteiger partial charge in [-0.25, -0.2) is 22.5 Å². The number of fused-ring (bicyclic) bond motifs is 6. The van der Waals surface area contributed by atoms with E-state index in [1.165, 1.54) is 20.8 Å². The zero-order valence-electron chi connectivity index (χ0n) is 25.5. The van der Waals surface area contributed by atoms with E-state index in [1.807, 2.05) is 6.07 Å². The van der Waals surface area contributed by atoms with Crippen molar-refractivity contribution in [2.75, 3.05) is 18.4 Å². The Kier molecular flexibility index (Phi) is 7.67. The molecule has 2 saturated carbocycles. The largest absolute Gasteiger partial charge is 0.471 e. The van der Waals surface area contributed by atoms with Gasteiger partial charge in [0.25, 0.3) is 11.8 Å². The molecule has 9 atom stereocenters. The maximum atomic E-state index is 15.2. The van der Waals surface area contributed by atoms with E-state index in [4.69, 9.17) is 4.74 Å². The average molecular weight is 671 g/mol. The molecule has 1 aromatic heterocycles. The molecule has 11 nitrogen and oxygen atoms in total. The molecule has 0 radical (unpaired) electrons. The van der Waals surface area contributed by atoms with E-state index in [0.29, 0.717) is 6.42 Å². The zero-order chi connectivity index (χ0) is 34.4. The van der Waals surface area contributed by atoms with E-state index in [2.05, 4.69) is 10.3 Å². The Hall–Kier alpha value is -4.10. The van der Waals surface area contributed by atoms with Crippen molar-refractivity contribution in [2.24, 2.45) is 29.1 Å². The number of nitrogens with zero attached hydrogens (tertiary/aromatic N) is 4. The third-order valence-electron chi connectivity index (χ3n) is 10.3. The molecular weight excluding hydrogens is 638 g/mol. The Morgan fingerprint density at radius 3 is 2.53 bits per heavy atom. The van der Waals surface area contributed by atoms with Crippen LogP contribution in [-0.4, -0.2) is 93.7 Å². The van der Waals surface area contributed by atoms with E-state index < -0.39 is 95.5 Å². The third kappa shape index (κ3) is 5.14. The second-order valence-corrected chi connectivity index (χ2v) is 14.2. The molecule has 5 aliphatic rings. The predicted octanol–water partition coefficient (Wildman–Crippen LogP) is 2.67. The molecule has 4 amide bonds. The molecule has 1 aromatic rings. The summed E-state index contributed by atoms with van der Waals surface area (Å²) < 4.78 is 89.0. The van der Waals surface area contributed by atoms with Crippen molar-refractivity contribution in [3.8, 4) is 11.8 Å². The third-order valence-corrected chi connectivity index (χ3v) is 10.3. The van der Waals surface area contributed by atoms with Crippen molar-refractivity contribution in [1.82, 2.24) is 20.1 Å². The molecule has 2 bridgehead atoms. The van der Waals surface area contributed by atoms with Gasteiger partial charge in [0.15, 0.2) is 11.6 Å². The second kappa shape index (κ2) is 11.0. The molecule has 4 fully saturated rings. The SMILES string of the molecule is CC(C)(C)C(NC(=O)C(F)(F)C(F)F)C(=O)N1CC2C3CC(F)C(C3)C2C1C(=O)N1CC2(CC1C#N)Oc1cc(F)cnc1NC2=O. The first-order valence-corrected chi connectivity index (χ1v) is 15.2. The highest BCUT2D eigenvalue weighted by atomic mass is 19.3. The van der Waals surface area contributed by atoms with Crippen molar-refractivity contribution >= 4 is 29.4 Å². The molecule has 3 aliphatic heterocycles. The van der Waals surface area contributed by atoms with Crippen LogP contribution < -0.4 is 15.4 Å². The summed E-state index contributed by atoms with van der Waals surface area (Å²) in [6.45, 7) is 3.63. The number of pyridine rings is 1. The number of rotatable bonds is 5.